The molecular formula is C17H13N3O3. The summed E-state index contributed by atoms with van der Waals surface area (Å²) in [6.45, 7) is 0.371. The normalized spacial score (nSPS) is 10.4. The van der Waals surface area contributed by atoms with Crippen molar-refractivity contribution in [3.63, 3.8) is 0 Å². The summed E-state index contributed by atoms with van der Waals surface area (Å²) in [6.07, 6.45) is 0. The van der Waals surface area contributed by atoms with E-state index >= 15 is 0 Å². The van der Waals surface area contributed by atoms with Crippen molar-refractivity contribution in [1.29, 1.82) is 0 Å². The lowest BCUT2D eigenvalue weighted by molar-refractivity contribution is -0.383. The van der Waals surface area contributed by atoms with E-state index in [-0.39, 0.29) is 22.8 Å². The summed E-state index contributed by atoms with van der Waals surface area (Å²) >= 11 is 0. The Morgan fingerprint density at radius 2 is 1.83 bits per heavy atom. The molecule has 6 heteroatoms. The molecule has 0 fully saturated rings. The lowest BCUT2D eigenvalue weighted by Gasteiger charge is -2.06. The van der Waals surface area contributed by atoms with Gasteiger partial charge in [0.25, 0.3) is 11.6 Å². The van der Waals surface area contributed by atoms with E-state index in [2.05, 4.69) is 10.3 Å². The van der Waals surface area contributed by atoms with E-state index in [1.165, 1.54) is 6.07 Å². The van der Waals surface area contributed by atoms with E-state index in [1.54, 1.807) is 24.3 Å². The van der Waals surface area contributed by atoms with Crippen molar-refractivity contribution in [2.24, 2.45) is 0 Å². The van der Waals surface area contributed by atoms with Gasteiger partial charge in [0, 0.05) is 18.0 Å². The summed E-state index contributed by atoms with van der Waals surface area (Å²) in [6, 6.07) is 17.4. The van der Waals surface area contributed by atoms with Gasteiger partial charge in [0.2, 0.25) is 0 Å². The number of rotatable bonds is 4. The van der Waals surface area contributed by atoms with Gasteiger partial charge in [-0.3, -0.25) is 14.9 Å². The van der Waals surface area contributed by atoms with Crippen molar-refractivity contribution in [2.75, 3.05) is 0 Å². The van der Waals surface area contributed by atoms with Crippen LogP contribution in [0.15, 0.2) is 60.7 Å². The molecule has 1 N–H and O–H groups in total. The minimum Gasteiger partial charge on any atom is -0.347 e. The van der Waals surface area contributed by atoms with Crippen molar-refractivity contribution in [2.45, 2.75) is 6.54 Å². The molecule has 0 saturated heterocycles. The molecule has 0 unspecified atom stereocenters. The number of hydrogen-bond acceptors (Lipinski definition) is 4. The first-order valence-electron chi connectivity index (χ1n) is 7.01. The number of non-ortho nitro benzene ring substituents is 1. The lowest BCUT2D eigenvalue weighted by atomic mass is 10.1. The van der Waals surface area contributed by atoms with Gasteiger partial charge in [-0.15, -0.1) is 0 Å². The number of amides is 1. The second kappa shape index (κ2) is 6.23. The minimum absolute atomic E-state index is 0.111. The Morgan fingerprint density at radius 1 is 1.04 bits per heavy atom. The molecule has 3 rings (SSSR count). The van der Waals surface area contributed by atoms with E-state index in [4.69, 9.17) is 0 Å². The van der Waals surface area contributed by atoms with Crippen LogP contribution in [0.2, 0.25) is 0 Å². The second-order valence-corrected chi connectivity index (χ2v) is 4.97. The van der Waals surface area contributed by atoms with Crippen LogP contribution >= 0.6 is 0 Å². The molecule has 3 aromatic rings. The van der Waals surface area contributed by atoms with E-state index in [1.807, 2.05) is 30.3 Å². The Morgan fingerprint density at radius 3 is 2.57 bits per heavy atom. The highest BCUT2D eigenvalue weighted by Gasteiger charge is 2.15. The van der Waals surface area contributed by atoms with Crippen molar-refractivity contribution in [1.82, 2.24) is 10.3 Å². The molecule has 0 saturated carbocycles. The molecule has 0 aliphatic heterocycles. The fourth-order valence-electron chi connectivity index (χ4n) is 2.27. The summed E-state index contributed by atoms with van der Waals surface area (Å²) < 4.78 is 0. The maximum Gasteiger partial charge on any atom is 0.295 e. The average Bonchev–Trinajstić information content (AvgIpc) is 2.59. The summed E-state index contributed by atoms with van der Waals surface area (Å²) in [5.41, 5.74) is 1.22. The first kappa shape index (κ1) is 14.6. The number of para-hydroxylation sites is 1. The number of benzene rings is 2. The fourth-order valence-corrected chi connectivity index (χ4v) is 2.27. The van der Waals surface area contributed by atoms with Crippen LogP contribution in [0.1, 0.15) is 16.1 Å². The SMILES string of the molecule is O=C(NCc1ccccc1)c1ccc2cccc([N+](=O)[O-])c2n1. The average molecular weight is 307 g/mol. The molecule has 0 spiro atoms. The molecule has 1 aromatic heterocycles. The van der Waals surface area contributed by atoms with Crippen LogP contribution in [0.3, 0.4) is 0 Å². The van der Waals surface area contributed by atoms with Gasteiger partial charge in [-0.05, 0) is 11.6 Å². The van der Waals surface area contributed by atoms with E-state index in [9.17, 15) is 14.9 Å². The number of hydrogen-bond donors (Lipinski definition) is 1. The van der Waals surface area contributed by atoms with Gasteiger partial charge in [0.15, 0.2) is 0 Å². The van der Waals surface area contributed by atoms with Crippen LogP contribution in [0.5, 0.6) is 0 Å². The summed E-state index contributed by atoms with van der Waals surface area (Å²) in [5, 5.41) is 14.5. The van der Waals surface area contributed by atoms with Crippen molar-refractivity contribution in [3.05, 3.63) is 82.0 Å². The number of carbonyl (C=O) groups is 1. The molecule has 0 radical (unpaired) electrons. The molecule has 23 heavy (non-hydrogen) atoms. The Bertz CT molecular complexity index is 879. The highest BCUT2D eigenvalue weighted by atomic mass is 16.6. The first-order valence-corrected chi connectivity index (χ1v) is 7.01. The number of fused-ring (bicyclic) bond motifs is 1. The maximum absolute atomic E-state index is 12.2. The zero-order chi connectivity index (χ0) is 16.2. The number of carbonyl (C=O) groups excluding carboxylic acids is 1. The summed E-state index contributed by atoms with van der Waals surface area (Å²) in [5.74, 6) is -0.367. The first-order chi connectivity index (χ1) is 11.1. The Labute approximate surface area is 131 Å². The Balaban J connectivity index is 1.86. The lowest BCUT2D eigenvalue weighted by Crippen LogP contribution is -2.23. The quantitative estimate of drug-likeness (QED) is 0.593. The van der Waals surface area contributed by atoms with Gasteiger partial charge in [0.1, 0.15) is 11.2 Å². The highest BCUT2D eigenvalue weighted by molar-refractivity contribution is 5.96. The molecule has 1 heterocycles. The van der Waals surface area contributed by atoms with Gasteiger partial charge in [-0.2, -0.15) is 0 Å². The third kappa shape index (κ3) is 3.16. The monoisotopic (exact) mass is 307 g/mol. The van der Waals surface area contributed by atoms with E-state index in [0.29, 0.717) is 11.9 Å². The van der Waals surface area contributed by atoms with Crippen LogP contribution in [0, 0.1) is 10.1 Å². The van der Waals surface area contributed by atoms with Crippen molar-refractivity contribution in [3.8, 4) is 0 Å². The number of pyridine rings is 1. The van der Waals surface area contributed by atoms with Crippen LogP contribution in [0.4, 0.5) is 5.69 Å². The third-order valence-corrected chi connectivity index (χ3v) is 3.42. The van der Waals surface area contributed by atoms with Gasteiger partial charge in [0.05, 0.1) is 4.92 Å². The van der Waals surface area contributed by atoms with Crippen LogP contribution in [-0.4, -0.2) is 15.8 Å². The molecule has 2 aromatic carbocycles. The Kier molecular flexibility index (Phi) is 3.97. The van der Waals surface area contributed by atoms with E-state index in [0.717, 1.165) is 5.56 Å². The number of nitrogens with zero attached hydrogens (tertiary/aromatic N) is 2. The third-order valence-electron chi connectivity index (χ3n) is 3.42. The number of nitro groups is 1. The van der Waals surface area contributed by atoms with Gasteiger partial charge >= 0.3 is 0 Å². The number of aromatic nitrogens is 1. The largest absolute Gasteiger partial charge is 0.347 e. The predicted octanol–water partition coefficient (Wildman–Crippen LogP) is 3.07. The zero-order valence-electron chi connectivity index (χ0n) is 12.1. The number of nitrogens with one attached hydrogen (secondary N) is 1. The molecule has 6 nitrogen and oxygen atoms in total. The van der Waals surface area contributed by atoms with Crippen molar-refractivity contribution < 1.29 is 9.72 Å². The zero-order valence-corrected chi connectivity index (χ0v) is 12.1. The molecule has 0 bridgehead atoms. The van der Waals surface area contributed by atoms with E-state index < -0.39 is 4.92 Å². The minimum atomic E-state index is -0.499. The standard InChI is InChI=1S/C17H13N3O3/c21-17(18-11-12-5-2-1-3-6-12)14-10-9-13-7-4-8-15(20(22)23)16(13)19-14/h1-10H,11H2,(H,18,21). The fraction of sp³-hybridized carbons (Fsp3) is 0.0588. The number of nitro benzene ring substituents is 1. The van der Waals surface area contributed by atoms with Crippen molar-refractivity contribution >= 4 is 22.5 Å². The molecule has 0 aliphatic rings. The molecule has 0 atom stereocenters. The molecule has 114 valence electrons. The molecular weight excluding hydrogens is 294 g/mol. The molecule has 1 amide bonds. The maximum atomic E-state index is 12.2. The van der Waals surface area contributed by atoms with Gasteiger partial charge in [-0.25, -0.2) is 4.98 Å². The summed E-state index contributed by atoms with van der Waals surface area (Å²) in [7, 11) is 0. The topological polar surface area (TPSA) is 85.1 Å². The molecule has 0 aliphatic carbocycles. The second-order valence-electron chi connectivity index (χ2n) is 4.97. The van der Waals surface area contributed by atoms with Gasteiger partial charge in [-0.1, -0.05) is 48.5 Å². The smallest absolute Gasteiger partial charge is 0.295 e. The van der Waals surface area contributed by atoms with Crippen LogP contribution in [0.25, 0.3) is 10.9 Å². The Hall–Kier alpha value is -3.28. The van der Waals surface area contributed by atoms with Crippen LogP contribution in [-0.2, 0) is 6.54 Å². The summed E-state index contributed by atoms with van der Waals surface area (Å²) in [4.78, 5) is 26.9. The predicted molar refractivity (Wildman–Crippen MR) is 86.0 cm³/mol. The highest BCUT2D eigenvalue weighted by Crippen LogP contribution is 2.23. The van der Waals surface area contributed by atoms with Gasteiger partial charge < -0.3 is 5.32 Å². The van der Waals surface area contributed by atoms with Crippen LogP contribution < -0.4 is 5.32 Å².